The number of primary amides is 1. The first-order valence-electron chi connectivity index (χ1n) is 11.3. The summed E-state index contributed by atoms with van der Waals surface area (Å²) in [5, 5.41) is 22.7. The Bertz CT molecular complexity index is 1310. The van der Waals surface area contributed by atoms with Crippen molar-refractivity contribution in [3.05, 3.63) is 45.9 Å². The van der Waals surface area contributed by atoms with Crippen molar-refractivity contribution in [2.45, 2.75) is 38.7 Å². The van der Waals surface area contributed by atoms with E-state index in [1.807, 2.05) is 0 Å². The van der Waals surface area contributed by atoms with E-state index < -0.39 is 58.2 Å². The van der Waals surface area contributed by atoms with Gasteiger partial charge >= 0.3 is 11.9 Å². The fourth-order valence-electron chi connectivity index (χ4n) is 5.50. The van der Waals surface area contributed by atoms with Crippen LogP contribution >= 0.6 is 0 Å². The summed E-state index contributed by atoms with van der Waals surface area (Å²) in [4.78, 5) is 64.2. The molecular formula is C25H26N2O9. The van der Waals surface area contributed by atoms with Crippen LogP contribution in [0, 0.1) is 11.8 Å². The average Bonchev–Trinajstić information content (AvgIpc) is 2.75. The lowest BCUT2D eigenvalue weighted by molar-refractivity contribution is -0.147. The van der Waals surface area contributed by atoms with E-state index in [4.69, 9.17) is 15.2 Å². The molecule has 4 N–H and O–H groups in total. The molecule has 0 spiro atoms. The second kappa shape index (κ2) is 8.59. The molecule has 11 nitrogen and oxygen atoms in total. The number of hydrogen-bond donors (Lipinski definition) is 3. The Kier molecular flexibility index (Phi) is 5.99. The first kappa shape index (κ1) is 25.1. The van der Waals surface area contributed by atoms with Gasteiger partial charge in [-0.25, -0.2) is 0 Å². The molecule has 0 saturated heterocycles. The Balaban J connectivity index is 1.92. The number of amides is 1. The van der Waals surface area contributed by atoms with E-state index in [0.717, 1.165) is 6.92 Å². The number of esters is 2. The van der Waals surface area contributed by atoms with E-state index in [9.17, 15) is 34.2 Å². The molecule has 190 valence electrons. The molecule has 4 rings (SSSR count). The number of anilines is 1. The number of fused-ring (bicyclic) bond motifs is 3. The number of rotatable bonds is 4. The van der Waals surface area contributed by atoms with Crippen LogP contribution in [0.25, 0.3) is 0 Å². The summed E-state index contributed by atoms with van der Waals surface area (Å²) >= 11 is 0. The Morgan fingerprint density at radius 3 is 2.28 bits per heavy atom. The monoisotopic (exact) mass is 498 g/mol. The van der Waals surface area contributed by atoms with Crippen molar-refractivity contribution in [3.8, 4) is 5.75 Å². The van der Waals surface area contributed by atoms with Gasteiger partial charge in [0.25, 0.3) is 5.91 Å². The van der Waals surface area contributed by atoms with Crippen molar-refractivity contribution in [2.75, 3.05) is 19.0 Å². The molecule has 0 aliphatic heterocycles. The fourth-order valence-corrected chi connectivity index (χ4v) is 5.50. The highest BCUT2D eigenvalue weighted by atomic mass is 16.5. The molecule has 1 amide bonds. The number of aliphatic hydroxyl groups is 2. The molecule has 3 atom stereocenters. The third-order valence-corrected chi connectivity index (χ3v) is 6.89. The summed E-state index contributed by atoms with van der Waals surface area (Å²) in [6.07, 6.45) is 0.0659. The standard InChI is InChI=1S/C25H26N2O9/c1-10(28)35-16-6-5-15(27(3)4)14-8-12-7-13-9-17(36-11(2)29)20(24(26)33)23(32)25(13,34)22(31)18(12)21(30)19(14)16/h5-6,12-13,31,34H,7-9H2,1-4H3,(H2,26,33)/t12-,13+,25+/m1/s1. The van der Waals surface area contributed by atoms with Crippen molar-refractivity contribution in [1.29, 1.82) is 0 Å². The minimum atomic E-state index is -2.62. The van der Waals surface area contributed by atoms with Gasteiger partial charge in [0.1, 0.15) is 22.8 Å². The predicted octanol–water partition coefficient (Wildman–Crippen LogP) is 0.871. The van der Waals surface area contributed by atoms with E-state index in [-0.39, 0.29) is 41.9 Å². The van der Waals surface area contributed by atoms with Crippen LogP contribution in [0.2, 0.25) is 0 Å². The number of allylic oxidation sites excluding steroid dienone is 2. The van der Waals surface area contributed by atoms with Gasteiger partial charge in [-0.2, -0.15) is 0 Å². The van der Waals surface area contributed by atoms with Gasteiger partial charge in [-0.3, -0.25) is 24.0 Å². The number of ether oxygens (including phenoxy) is 2. The number of benzene rings is 1. The second-order valence-corrected chi connectivity index (χ2v) is 9.41. The molecule has 1 aromatic rings. The van der Waals surface area contributed by atoms with Crippen molar-refractivity contribution in [2.24, 2.45) is 17.6 Å². The summed E-state index contributed by atoms with van der Waals surface area (Å²) in [7, 11) is 3.57. The number of nitrogens with two attached hydrogens (primary N) is 1. The van der Waals surface area contributed by atoms with E-state index in [0.29, 0.717) is 11.3 Å². The lowest BCUT2D eigenvalue weighted by atomic mass is 9.60. The highest BCUT2D eigenvalue weighted by molar-refractivity contribution is 6.24. The zero-order valence-electron chi connectivity index (χ0n) is 20.2. The Hall–Kier alpha value is -3.99. The molecule has 1 aromatic carbocycles. The van der Waals surface area contributed by atoms with Gasteiger partial charge in [0, 0.05) is 51.5 Å². The van der Waals surface area contributed by atoms with Crippen LogP contribution in [-0.4, -0.2) is 59.3 Å². The molecule has 11 heteroatoms. The number of carbonyl (C=O) groups excluding carboxylic acids is 5. The van der Waals surface area contributed by atoms with Gasteiger partial charge in [-0.05, 0) is 36.5 Å². The maximum Gasteiger partial charge on any atom is 0.308 e. The minimum Gasteiger partial charge on any atom is -0.508 e. The lowest BCUT2D eigenvalue weighted by Crippen LogP contribution is -2.57. The summed E-state index contributed by atoms with van der Waals surface area (Å²) in [6, 6.07) is 3.18. The van der Waals surface area contributed by atoms with Gasteiger partial charge in [-0.1, -0.05) is 0 Å². The summed E-state index contributed by atoms with van der Waals surface area (Å²) in [6.45, 7) is 2.28. The number of ketones is 2. The molecule has 3 aliphatic rings. The summed E-state index contributed by atoms with van der Waals surface area (Å²) in [5.74, 6) is -7.39. The molecule has 0 radical (unpaired) electrons. The Labute approximate surface area is 206 Å². The minimum absolute atomic E-state index is 0.00852. The number of carbonyl (C=O) groups is 5. The van der Waals surface area contributed by atoms with E-state index in [2.05, 4.69) is 0 Å². The van der Waals surface area contributed by atoms with E-state index >= 15 is 0 Å². The highest BCUT2D eigenvalue weighted by Gasteiger charge is 2.60. The molecule has 0 saturated carbocycles. The highest BCUT2D eigenvalue weighted by Crippen LogP contribution is 2.52. The van der Waals surface area contributed by atoms with Crippen LogP contribution in [0.4, 0.5) is 5.69 Å². The van der Waals surface area contributed by atoms with Crippen LogP contribution in [-0.2, 0) is 30.3 Å². The van der Waals surface area contributed by atoms with Crippen molar-refractivity contribution in [1.82, 2.24) is 0 Å². The second-order valence-electron chi connectivity index (χ2n) is 9.41. The number of hydrogen-bond acceptors (Lipinski definition) is 10. The molecule has 36 heavy (non-hydrogen) atoms. The fraction of sp³-hybridized carbons (Fsp3) is 0.400. The molecule has 0 aromatic heterocycles. The Morgan fingerprint density at radius 1 is 1.08 bits per heavy atom. The maximum absolute atomic E-state index is 13.8. The van der Waals surface area contributed by atoms with Crippen LogP contribution in [0.5, 0.6) is 5.75 Å². The zero-order chi connectivity index (χ0) is 26.7. The van der Waals surface area contributed by atoms with Gasteiger partial charge in [0.2, 0.25) is 5.78 Å². The van der Waals surface area contributed by atoms with Gasteiger partial charge in [0.15, 0.2) is 11.4 Å². The maximum atomic E-state index is 13.8. The van der Waals surface area contributed by atoms with Crippen molar-refractivity contribution < 1.29 is 43.7 Å². The number of nitrogens with zero attached hydrogens (tertiary/aromatic N) is 1. The number of Topliss-reactive ketones (excluding diaryl/α,β-unsaturated/α-hetero) is 2. The van der Waals surface area contributed by atoms with E-state index in [1.165, 1.54) is 13.0 Å². The lowest BCUT2D eigenvalue weighted by Gasteiger charge is -2.46. The molecule has 3 aliphatic carbocycles. The SMILES string of the molecule is CC(=O)OC1=C(C(N)=O)C(=O)[C@@]2(O)C(O)=C3C(=O)c4c(OC(C)=O)ccc(N(C)C)c4C[C@H]3C[C@H]2C1. The van der Waals surface area contributed by atoms with Crippen LogP contribution < -0.4 is 15.4 Å². The van der Waals surface area contributed by atoms with Gasteiger partial charge in [-0.15, -0.1) is 0 Å². The topological polar surface area (TPSA) is 174 Å². The van der Waals surface area contributed by atoms with Crippen LogP contribution in [0.3, 0.4) is 0 Å². The average molecular weight is 498 g/mol. The molecular weight excluding hydrogens is 472 g/mol. The molecule has 0 fully saturated rings. The zero-order valence-corrected chi connectivity index (χ0v) is 20.2. The quantitative estimate of drug-likeness (QED) is 0.307. The summed E-state index contributed by atoms with van der Waals surface area (Å²) in [5.41, 5.74) is 3.13. The molecule has 0 bridgehead atoms. The smallest absolute Gasteiger partial charge is 0.308 e. The first-order valence-corrected chi connectivity index (χ1v) is 11.3. The van der Waals surface area contributed by atoms with Crippen molar-refractivity contribution in [3.63, 3.8) is 0 Å². The third kappa shape index (κ3) is 3.67. The van der Waals surface area contributed by atoms with E-state index in [1.54, 1.807) is 25.1 Å². The predicted molar refractivity (Wildman–Crippen MR) is 124 cm³/mol. The molecule has 0 unspecified atom stereocenters. The Morgan fingerprint density at radius 2 is 1.72 bits per heavy atom. The van der Waals surface area contributed by atoms with Crippen LogP contribution in [0.15, 0.2) is 34.8 Å². The molecule has 0 heterocycles. The normalized spacial score (nSPS) is 25.0. The summed E-state index contributed by atoms with van der Waals surface area (Å²) < 4.78 is 10.3. The third-order valence-electron chi connectivity index (χ3n) is 6.89. The largest absolute Gasteiger partial charge is 0.508 e. The van der Waals surface area contributed by atoms with Crippen LogP contribution in [0.1, 0.15) is 42.6 Å². The van der Waals surface area contributed by atoms with Gasteiger partial charge in [0.05, 0.1) is 5.56 Å². The first-order chi connectivity index (χ1) is 16.8. The number of aliphatic hydroxyl groups excluding tert-OH is 1. The van der Waals surface area contributed by atoms with Gasteiger partial charge < -0.3 is 30.3 Å². The van der Waals surface area contributed by atoms with Crippen molar-refractivity contribution >= 4 is 35.1 Å².